The lowest BCUT2D eigenvalue weighted by molar-refractivity contribution is -0.146. The zero-order valence-electron chi connectivity index (χ0n) is 8.86. The number of carbonyl (C=O) groups is 1. The van der Waals surface area contributed by atoms with Gasteiger partial charge in [0.25, 0.3) is 0 Å². The summed E-state index contributed by atoms with van der Waals surface area (Å²) in [5.74, 6) is -0.0314. The number of esters is 1. The maximum absolute atomic E-state index is 11.7. The quantitative estimate of drug-likeness (QED) is 0.450. The van der Waals surface area contributed by atoms with Crippen LogP contribution in [0.1, 0.15) is 20.3 Å². The monoisotopic (exact) mass is 209 g/mol. The zero-order valence-corrected chi connectivity index (χ0v) is 8.86. The summed E-state index contributed by atoms with van der Waals surface area (Å²) in [4.78, 5) is 11.7. The van der Waals surface area contributed by atoms with Crippen LogP contribution in [0.2, 0.25) is 0 Å². The van der Waals surface area contributed by atoms with Crippen LogP contribution in [0.3, 0.4) is 0 Å². The molecule has 0 spiro atoms. The Balaban J connectivity index is 2.71. The van der Waals surface area contributed by atoms with E-state index in [0.717, 1.165) is 0 Å². The number of rotatable bonds is 4. The molecular weight excluding hydrogens is 194 g/mol. The smallest absolute Gasteiger partial charge is 0.333 e. The average molecular weight is 209 g/mol. The summed E-state index contributed by atoms with van der Waals surface area (Å²) < 4.78 is 5.10. The minimum absolute atomic E-state index is 0.440. The summed E-state index contributed by atoms with van der Waals surface area (Å²) in [6, 6.07) is 8.76. The lowest BCUT2D eigenvalue weighted by Gasteiger charge is -2.23. The van der Waals surface area contributed by atoms with Crippen LogP contribution >= 0.6 is 0 Å². The minimum atomic E-state index is -1.06. The highest BCUT2D eigenvalue weighted by Crippen LogP contribution is 2.15. The molecule has 1 aromatic carbocycles. The molecule has 0 saturated carbocycles. The van der Waals surface area contributed by atoms with E-state index in [9.17, 15) is 4.79 Å². The number of hydroxylamine groups is 1. The first-order chi connectivity index (χ1) is 7.12. The molecule has 15 heavy (non-hydrogen) atoms. The standard InChI is InChI=1S/C11H15NO3/c1-3-11(2,12-14)10(13)15-9-7-5-4-6-8-9/h4-8,12,14H,3H2,1-2H3. The molecular formula is C11H15NO3. The molecule has 4 heteroatoms. The maximum atomic E-state index is 11.7. The van der Waals surface area contributed by atoms with Crippen LogP contribution in [0.15, 0.2) is 30.3 Å². The molecule has 2 N–H and O–H groups in total. The van der Waals surface area contributed by atoms with Crippen molar-refractivity contribution in [1.82, 2.24) is 5.48 Å². The van der Waals surface area contributed by atoms with E-state index in [1.807, 2.05) is 11.5 Å². The van der Waals surface area contributed by atoms with Crippen molar-refractivity contribution in [2.45, 2.75) is 25.8 Å². The second kappa shape index (κ2) is 4.91. The summed E-state index contributed by atoms with van der Waals surface area (Å²) in [7, 11) is 0. The normalized spacial score (nSPS) is 14.3. The SMILES string of the molecule is CCC(C)(NO)C(=O)Oc1ccccc1. The Morgan fingerprint density at radius 3 is 2.53 bits per heavy atom. The van der Waals surface area contributed by atoms with Gasteiger partial charge in [-0.1, -0.05) is 25.1 Å². The lowest BCUT2D eigenvalue weighted by atomic mass is 10.0. The summed E-state index contributed by atoms with van der Waals surface area (Å²) >= 11 is 0. The molecule has 0 saturated heterocycles. The third-order valence-corrected chi connectivity index (χ3v) is 2.36. The summed E-state index contributed by atoms with van der Waals surface area (Å²) in [6.45, 7) is 3.37. The highest BCUT2D eigenvalue weighted by atomic mass is 16.5. The van der Waals surface area contributed by atoms with E-state index < -0.39 is 11.5 Å². The van der Waals surface area contributed by atoms with Gasteiger partial charge < -0.3 is 9.94 Å². The van der Waals surface area contributed by atoms with Gasteiger partial charge in [0, 0.05) is 0 Å². The molecule has 0 aliphatic heterocycles. The van der Waals surface area contributed by atoms with Gasteiger partial charge in [-0.25, -0.2) is 4.79 Å². The minimum Gasteiger partial charge on any atom is -0.425 e. The number of para-hydroxylation sites is 1. The fraction of sp³-hybridized carbons (Fsp3) is 0.364. The van der Waals surface area contributed by atoms with E-state index in [4.69, 9.17) is 9.94 Å². The topological polar surface area (TPSA) is 58.6 Å². The maximum Gasteiger partial charge on any atom is 0.333 e. The molecule has 0 heterocycles. The van der Waals surface area contributed by atoms with E-state index in [-0.39, 0.29) is 0 Å². The van der Waals surface area contributed by atoms with E-state index in [1.54, 1.807) is 38.1 Å². The van der Waals surface area contributed by atoms with Crippen LogP contribution in [0.5, 0.6) is 5.75 Å². The molecule has 0 amide bonds. The largest absolute Gasteiger partial charge is 0.425 e. The van der Waals surface area contributed by atoms with Crippen LogP contribution in [0.4, 0.5) is 0 Å². The van der Waals surface area contributed by atoms with Crippen LogP contribution in [0.25, 0.3) is 0 Å². The Labute approximate surface area is 88.8 Å². The molecule has 0 bridgehead atoms. The van der Waals surface area contributed by atoms with Crippen LogP contribution < -0.4 is 10.2 Å². The van der Waals surface area contributed by atoms with Crippen molar-refractivity contribution in [2.75, 3.05) is 0 Å². The molecule has 0 aliphatic rings. The average Bonchev–Trinajstić information content (AvgIpc) is 2.29. The highest BCUT2D eigenvalue weighted by Gasteiger charge is 2.32. The first-order valence-electron chi connectivity index (χ1n) is 4.81. The summed E-state index contributed by atoms with van der Waals surface area (Å²) in [6.07, 6.45) is 0.440. The number of carbonyl (C=O) groups excluding carboxylic acids is 1. The lowest BCUT2D eigenvalue weighted by Crippen LogP contribution is -2.49. The van der Waals surface area contributed by atoms with Crippen molar-refractivity contribution in [3.8, 4) is 5.75 Å². The Morgan fingerprint density at radius 1 is 1.47 bits per heavy atom. The second-order valence-electron chi connectivity index (χ2n) is 3.50. The van der Waals surface area contributed by atoms with Gasteiger partial charge in [-0.2, -0.15) is 5.48 Å². The van der Waals surface area contributed by atoms with Gasteiger partial charge in [-0.05, 0) is 25.5 Å². The predicted octanol–water partition coefficient (Wildman–Crippen LogP) is 1.74. The highest BCUT2D eigenvalue weighted by molar-refractivity contribution is 5.82. The van der Waals surface area contributed by atoms with Gasteiger partial charge in [0.15, 0.2) is 0 Å². The second-order valence-corrected chi connectivity index (χ2v) is 3.50. The van der Waals surface area contributed by atoms with Gasteiger partial charge in [0.05, 0.1) is 0 Å². The molecule has 4 nitrogen and oxygen atoms in total. The van der Waals surface area contributed by atoms with Crippen molar-refractivity contribution in [3.63, 3.8) is 0 Å². The summed E-state index contributed by atoms with van der Waals surface area (Å²) in [5, 5.41) is 8.88. The van der Waals surface area contributed by atoms with Crippen molar-refractivity contribution in [1.29, 1.82) is 0 Å². The van der Waals surface area contributed by atoms with E-state index in [1.165, 1.54) is 0 Å². The molecule has 0 radical (unpaired) electrons. The molecule has 0 aliphatic carbocycles. The Hall–Kier alpha value is -1.39. The van der Waals surface area contributed by atoms with Gasteiger partial charge >= 0.3 is 5.97 Å². The van der Waals surface area contributed by atoms with Gasteiger partial charge in [0.1, 0.15) is 11.3 Å². The van der Waals surface area contributed by atoms with Crippen molar-refractivity contribution in [2.24, 2.45) is 0 Å². The Kier molecular flexibility index (Phi) is 3.82. The number of hydrogen-bond donors (Lipinski definition) is 2. The van der Waals surface area contributed by atoms with Crippen molar-refractivity contribution < 1.29 is 14.7 Å². The molecule has 0 aromatic heterocycles. The number of ether oxygens (including phenoxy) is 1. The first kappa shape index (κ1) is 11.7. The van der Waals surface area contributed by atoms with Crippen molar-refractivity contribution in [3.05, 3.63) is 30.3 Å². The Bertz CT molecular complexity index is 320. The fourth-order valence-corrected chi connectivity index (χ4v) is 0.977. The van der Waals surface area contributed by atoms with Crippen LogP contribution in [-0.4, -0.2) is 16.7 Å². The third-order valence-electron chi connectivity index (χ3n) is 2.36. The molecule has 1 unspecified atom stereocenters. The summed E-state index contributed by atoms with van der Waals surface area (Å²) in [5.41, 5.74) is 0.914. The van der Waals surface area contributed by atoms with Gasteiger partial charge in [-0.3, -0.25) is 0 Å². The van der Waals surface area contributed by atoms with Crippen LogP contribution in [0, 0.1) is 0 Å². The number of benzene rings is 1. The van der Waals surface area contributed by atoms with E-state index in [0.29, 0.717) is 12.2 Å². The first-order valence-corrected chi connectivity index (χ1v) is 4.81. The predicted molar refractivity (Wildman–Crippen MR) is 55.7 cm³/mol. The zero-order chi connectivity index (χ0) is 11.3. The molecule has 1 aromatic rings. The van der Waals surface area contributed by atoms with E-state index in [2.05, 4.69) is 0 Å². The molecule has 1 rings (SSSR count). The van der Waals surface area contributed by atoms with Crippen LogP contribution in [-0.2, 0) is 4.79 Å². The molecule has 1 atom stereocenters. The van der Waals surface area contributed by atoms with E-state index >= 15 is 0 Å². The van der Waals surface area contributed by atoms with Crippen molar-refractivity contribution >= 4 is 5.97 Å². The number of nitrogens with one attached hydrogen (secondary N) is 1. The number of hydrogen-bond acceptors (Lipinski definition) is 4. The molecule has 0 fully saturated rings. The van der Waals surface area contributed by atoms with Gasteiger partial charge in [-0.15, -0.1) is 0 Å². The molecule has 82 valence electrons. The Morgan fingerprint density at radius 2 is 2.07 bits per heavy atom. The fourth-order valence-electron chi connectivity index (χ4n) is 0.977. The third kappa shape index (κ3) is 2.78. The van der Waals surface area contributed by atoms with Gasteiger partial charge in [0.2, 0.25) is 0 Å².